The summed E-state index contributed by atoms with van der Waals surface area (Å²) in [5, 5.41) is 7.26. The van der Waals surface area contributed by atoms with Crippen LogP contribution in [0.1, 0.15) is 11.1 Å². The Balaban J connectivity index is 1.29. The second-order valence-electron chi connectivity index (χ2n) is 12.4. The average molecular weight is 576 g/mol. The number of para-hydroxylation sites is 2. The van der Waals surface area contributed by atoms with Crippen LogP contribution in [-0.4, -0.2) is 4.40 Å². The van der Waals surface area contributed by atoms with E-state index < -0.39 is 0 Å². The molecule has 3 heteroatoms. The van der Waals surface area contributed by atoms with Crippen molar-refractivity contribution in [3.63, 3.8) is 0 Å². The third-order valence-corrected chi connectivity index (χ3v) is 10.0. The van der Waals surface area contributed by atoms with E-state index in [4.69, 9.17) is 8.83 Å². The number of hydrogen-bond donors (Lipinski definition) is 0. The summed E-state index contributed by atoms with van der Waals surface area (Å²) in [7, 11) is 0. The lowest BCUT2D eigenvalue weighted by atomic mass is 9.90. The molecular formula is C42H25NO2. The fraction of sp³-hybridized carbons (Fsp3) is 0.0476. The lowest BCUT2D eigenvalue weighted by Crippen LogP contribution is -2.02. The molecule has 0 N–H and O–H groups in total. The van der Waals surface area contributed by atoms with E-state index in [1.807, 2.05) is 6.07 Å². The van der Waals surface area contributed by atoms with Crippen molar-refractivity contribution in [2.45, 2.75) is 12.8 Å². The first-order valence-electron chi connectivity index (χ1n) is 15.6. The van der Waals surface area contributed by atoms with E-state index in [0.717, 1.165) is 51.6 Å². The molecule has 0 spiro atoms. The van der Waals surface area contributed by atoms with Gasteiger partial charge in [-0.25, -0.2) is 0 Å². The number of hydrogen-bond acceptors (Lipinski definition) is 2. The van der Waals surface area contributed by atoms with Gasteiger partial charge in [-0.3, -0.25) is 0 Å². The number of fused-ring (bicyclic) bond motifs is 14. The summed E-state index contributed by atoms with van der Waals surface area (Å²) in [4.78, 5) is 0. The van der Waals surface area contributed by atoms with Crippen LogP contribution < -0.4 is 0 Å². The fourth-order valence-electron chi connectivity index (χ4n) is 8.08. The number of nitrogens with zero attached hydrogens (tertiary/aromatic N) is 1. The maximum absolute atomic E-state index is 6.73. The van der Waals surface area contributed by atoms with E-state index in [0.29, 0.717) is 0 Å². The average Bonchev–Trinajstić information content (AvgIpc) is 3.84. The van der Waals surface area contributed by atoms with Gasteiger partial charge in [0.05, 0.1) is 16.7 Å². The topological polar surface area (TPSA) is 30.7 Å². The van der Waals surface area contributed by atoms with E-state index in [9.17, 15) is 0 Å². The summed E-state index contributed by atoms with van der Waals surface area (Å²) >= 11 is 0. The van der Waals surface area contributed by atoms with Crippen LogP contribution in [0.25, 0.3) is 93.8 Å². The second-order valence-corrected chi connectivity index (χ2v) is 12.4. The molecule has 10 aromatic rings. The summed E-state index contributed by atoms with van der Waals surface area (Å²) in [6.07, 6.45) is 1.93. The van der Waals surface area contributed by atoms with Crippen LogP contribution in [0.2, 0.25) is 0 Å². The predicted molar refractivity (Wildman–Crippen MR) is 184 cm³/mol. The number of benzene rings is 6. The number of furan rings is 2. The highest BCUT2D eigenvalue weighted by molar-refractivity contribution is 6.25. The largest absolute Gasteiger partial charge is 0.454 e. The molecule has 6 aromatic carbocycles. The van der Waals surface area contributed by atoms with Crippen LogP contribution in [0.4, 0.5) is 0 Å². The fourth-order valence-corrected chi connectivity index (χ4v) is 8.08. The molecule has 4 aromatic heterocycles. The zero-order chi connectivity index (χ0) is 29.2. The van der Waals surface area contributed by atoms with E-state index in [1.165, 1.54) is 66.1 Å². The standard InChI is InChI=1S/C42H25NO2/c1-2-9-24(10-3-1)25-11-8-12-26(21-25)27-22-34-30-17-19-32-28-13-4-6-15-36(28)44-41(32)39(30)43-38(34)35(23-27)31-18-20-33-29-14-5-7-16-37(29)45-42(33)40(31)43/h1-17,19,21-23H,18,20H2. The minimum atomic E-state index is 0.914. The first kappa shape index (κ1) is 23.6. The molecule has 4 heterocycles. The molecule has 0 fully saturated rings. The molecule has 210 valence electrons. The zero-order valence-electron chi connectivity index (χ0n) is 24.3. The summed E-state index contributed by atoms with van der Waals surface area (Å²) in [5.41, 5.74) is 13.9. The van der Waals surface area contributed by atoms with Gasteiger partial charge in [0.1, 0.15) is 11.2 Å². The SMILES string of the molecule is c1ccc(-c2cccc(-c3cc4c5c(n6c4c(c3)c3ccc4c7ccccc7oc4c36)-c3oc4ccccc4c3CC5)c2)cc1. The third kappa shape index (κ3) is 3.05. The van der Waals surface area contributed by atoms with Crippen molar-refractivity contribution >= 4 is 60.1 Å². The molecule has 0 radical (unpaired) electrons. The molecule has 11 rings (SSSR count). The third-order valence-electron chi connectivity index (χ3n) is 10.0. The molecule has 1 aliphatic carbocycles. The second kappa shape index (κ2) is 8.43. The van der Waals surface area contributed by atoms with Gasteiger partial charge in [0.25, 0.3) is 0 Å². The number of aromatic nitrogens is 1. The Hall–Kier alpha value is -5.80. The van der Waals surface area contributed by atoms with Crippen molar-refractivity contribution in [2.24, 2.45) is 0 Å². The molecule has 0 unspecified atom stereocenters. The maximum atomic E-state index is 6.73. The summed E-state index contributed by atoms with van der Waals surface area (Å²) in [6, 6.07) is 45.7. The molecule has 0 bridgehead atoms. The van der Waals surface area contributed by atoms with E-state index in [2.05, 4.69) is 126 Å². The van der Waals surface area contributed by atoms with Crippen LogP contribution >= 0.6 is 0 Å². The lowest BCUT2D eigenvalue weighted by molar-refractivity contribution is 0.618. The highest BCUT2D eigenvalue weighted by Gasteiger charge is 2.32. The van der Waals surface area contributed by atoms with Crippen molar-refractivity contribution in [3.05, 3.63) is 139 Å². The molecular weight excluding hydrogens is 550 g/mol. The first-order valence-corrected chi connectivity index (χ1v) is 15.6. The molecule has 45 heavy (non-hydrogen) atoms. The Morgan fingerprint density at radius 2 is 1.09 bits per heavy atom. The zero-order valence-corrected chi connectivity index (χ0v) is 24.3. The highest BCUT2D eigenvalue weighted by Crippen LogP contribution is 2.50. The Morgan fingerprint density at radius 3 is 1.96 bits per heavy atom. The van der Waals surface area contributed by atoms with Gasteiger partial charge in [-0.05, 0) is 77.1 Å². The molecule has 3 nitrogen and oxygen atoms in total. The van der Waals surface area contributed by atoms with E-state index in [1.54, 1.807) is 0 Å². The monoisotopic (exact) mass is 575 g/mol. The van der Waals surface area contributed by atoms with Crippen LogP contribution in [-0.2, 0) is 12.8 Å². The predicted octanol–water partition coefficient (Wildman–Crippen LogP) is 11.4. The van der Waals surface area contributed by atoms with Crippen LogP contribution in [0.15, 0.2) is 136 Å². The van der Waals surface area contributed by atoms with Gasteiger partial charge in [-0.2, -0.15) is 0 Å². The number of aryl methyl sites for hydroxylation is 2. The van der Waals surface area contributed by atoms with E-state index >= 15 is 0 Å². The Bertz CT molecular complexity index is 2810. The summed E-state index contributed by atoms with van der Waals surface area (Å²) < 4.78 is 15.9. The van der Waals surface area contributed by atoms with Gasteiger partial charge in [-0.15, -0.1) is 0 Å². The Morgan fingerprint density at radius 1 is 0.422 bits per heavy atom. The lowest BCUT2D eigenvalue weighted by Gasteiger charge is -2.14. The quantitative estimate of drug-likeness (QED) is 0.205. The van der Waals surface area contributed by atoms with Crippen molar-refractivity contribution in [3.8, 4) is 33.7 Å². The summed E-state index contributed by atoms with van der Waals surface area (Å²) in [6.45, 7) is 0. The van der Waals surface area contributed by atoms with Gasteiger partial charge in [0, 0.05) is 37.9 Å². The first-order chi connectivity index (χ1) is 22.3. The normalized spacial score (nSPS) is 13.2. The van der Waals surface area contributed by atoms with Gasteiger partial charge >= 0.3 is 0 Å². The van der Waals surface area contributed by atoms with E-state index in [-0.39, 0.29) is 0 Å². The van der Waals surface area contributed by atoms with Gasteiger partial charge in [-0.1, -0.05) is 91.0 Å². The van der Waals surface area contributed by atoms with Gasteiger partial charge < -0.3 is 13.2 Å². The maximum Gasteiger partial charge on any atom is 0.160 e. The summed E-state index contributed by atoms with van der Waals surface area (Å²) in [5.74, 6) is 0.994. The molecule has 0 amide bonds. The minimum absolute atomic E-state index is 0.914. The van der Waals surface area contributed by atoms with Gasteiger partial charge in [0.15, 0.2) is 11.3 Å². The van der Waals surface area contributed by atoms with Crippen molar-refractivity contribution < 1.29 is 8.83 Å². The van der Waals surface area contributed by atoms with Crippen LogP contribution in [0.3, 0.4) is 0 Å². The molecule has 0 aliphatic heterocycles. The minimum Gasteiger partial charge on any atom is -0.454 e. The van der Waals surface area contributed by atoms with Crippen molar-refractivity contribution in [1.82, 2.24) is 4.40 Å². The smallest absolute Gasteiger partial charge is 0.160 e. The number of rotatable bonds is 2. The molecule has 0 saturated heterocycles. The van der Waals surface area contributed by atoms with Crippen molar-refractivity contribution in [1.29, 1.82) is 0 Å². The molecule has 1 aliphatic rings. The Kier molecular flexibility index (Phi) is 4.43. The van der Waals surface area contributed by atoms with Crippen LogP contribution in [0.5, 0.6) is 0 Å². The Labute approximate surface area is 257 Å². The highest BCUT2D eigenvalue weighted by atomic mass is 16.3. The molecule has 0 atom stereocenters. The molecule has 0 saturated carbocycles. The van der Waals surface area contributed by atoms with Crippen LogP contribution in [0, 0.1) is 0 Å². The van der Waals surface area contributed by atoms with Gasteiger partial charge in [0.2, 0.25) is 0 Å². The van der Waals surface area contributed by atoms with Crippen molar-refractivity contribution in [2.75, 3.05) is 0 Å².